The Balaban J connectivity index is 1.45. The number of fused-ring (bicyclic) bond motifs is 5. The predicted octanol–water partition coefficient (Wildman–Crippen LogP) is 2.87. The van der Waals surface area contributed by atoms with Crippen molar-refractivity contribution in [1.29, 1.82) is 0 Å². The van der Waals surface area contributed by atoms with Crippen LogP contribution in [0.1, 0.15) is 64.2 Å². The topological polar surface area (TPSA) is 29.5 Å². The number of aliphatic hydroxyl groups is 1. The highest BCUT2D eigenvalue weighted by molar-refractivity contribution is 5.98. The van der Waals surface area contributed by atoms with Crippen LogP contribution in [0.4, 0.5) is 0 Å². The summed E-state index contributed by atoms with van der Waals surface area (Å²) in [5.41, 5.74) is 0. The van der Waals surface area contributed by atoms with Crippen molar-refractivity contribution in [3.63, 3.8) is 0 Å². The fourth-order valence-corrected chi connectivity index (χ4v) is 7.35. The van der Waals surface area contributed by atoms with Gasteiger partial charge in [-0.2, -0.15) is 0 Å². The van der Waals surface area contributed by atoms with E-state index in [1.807, 2.05) is 0 Å². The van der Waals surface area contributed by atoms with E-state index in [-0.39, 0.29) is 0 Å². The van der Waals surface area contributed by atoms with Gasteiger partial charge in [-0.3, -0.25) is 0 Å². The lowest BCUT2D eigenvalue weighted by atomic mass is 9.53. The van der Waals surface area contributed by atoms with Crippen LogP contribution in [0.5, 0.6) is 0 Å². The first-order valence-electron chi connectivity index (χ1n) is 9.48. The van der Waals surface area contributed by atoms with Crippen LogP contribution >= 0.6 is 0 Å². The maximum Gasteiger partial charge on any atom is 0.149 e. The first-order chi connectivity index (χ1) is 10.3. The summed E-state index contributed by atoms with van der Waals surface area (Å²) in [6, 6.07) is 0. The minimum absolute atomic E-state index is 0.433. The van der Waals surface area contributed by atoms with Gasteiger partial charge in [-0.05, 0) is 86.9 Å². The van der Waals surface area contributed by atoms with Crippen molar-refractivity contribution in [1.82, 2.24) is 0 Å². The molecule has 8 atom stereocenters. The van der Waals surface area contributed by atoms with Crippen LogP contribution in [0, 0.1) is 41.4 Å². The zero-order chi connectivity index (χ0) is 14.4. The second kappa shape index (κ2) is 5.97. The third kappa shape index (κ3) is 2.53. The Labute approximate surface area is 132 Å². The summed E-state index contributed by atoms with van der Waals surface area (Å²) in [4.78, 5) is 0. The molecule has 0 aromatic rings. The summed E-state index contributed by atoms with van der Waals surface area (Å²) in [5, 5.41) is 10.0. The van der Waals surface area contributed by atoms with E-state index in [0.29, 0.717) is 16.4 Å². The maximum absolute atomic E-state index is 10.0. The van der Waals surface area contributed by atoms with E-state index in [2.05, 4.69) is 0 Å². The van der Waals surface area contributed by atoms with Gasteiger partial charge in [0, 0.05) is 5.92 Å². The second-order valence-electron chi connectivity index (χ2n) is 8.46. The van der Waals surface area contributed by atoms with E-state index in [4.69, 9.17) is 4.43 Å². The smallest absolute Gasteiger partial charge is 0.149 e. The summed E-state index contributed by atoms with van der Waals surface area (Å²) in [7, 11) is 0.665. The molecule has 0 heterocycles. The van der Waals surface area contributed by atoms with Crippen LogP contribution in [0.25, 0.3) is 0 Å². The quantitative estimate of drug-likeness (QED) is 0.628. The fourth-order valence-electron chi connectivity index (χ4n) is 6.96. The largest absolute Gasteiger partial charge is 0.404 e. The van der Waals surface area contributed by atoms with Gasteiger partial charge < -0.3 is 9.53 Å². The molecule has 0 spiro atoms. The molecule has 2 nitrogen and oxygen atoms in total. The Hall–Kier alpha value is 0.137. The highest BCUT2D eigenvalue weighted by atomic mass is 28.2. The van der Waals surface area contributed by atoms with Crippen LogP contribution < -0.4 is 0 Å². The highest BCUT2D eigenvalue weighted by Crippen LogP contribution is 2.58. The highest BCUT2D eigenvalue weighted by Gasteiger charge is 2.49. The number of hydrogen-bond donors (Lipinski definition) is 1. The molecule has 3 unspecified atom stereocenters. The monoisotopic (exact) mass is 308 g/mol. The molecule has 21 heavy (non-hydrogen) atoms. The van der Waals surface area contributed by atoms with E-state index in [0.717, 1.165) is 35.5 Å². The Kier molecular flexibility index (Phi) is 4.18. The van der Waals surface area contributed by atoms with Crippen LogP contribution in [0.15, 0.2) is 0 Å². The molecular weight excluding hydrogens is 276 g/mol. The molecule has 4 fully saturated rings. The molecule has 0 radical (unpaired) electrons. The molecule has 0 aliphatic heterocycles. The molecule has 0 saturated heterocycles. The number of rotatable bonds is 2. The van der Waals surface area contributed by atoms with Crippen molar-refractivity contribution in [2.45, 2.75) is 70.5 Å². The van der Waals surface area contributed by atoms with Crippen LogP contribution in [0.3, 0.4) is 0 Å². The van der Waals surface area contributed by atoms with E-state index in [1.165, 1.54) is 57.8 Å². The Morgan fingerprint density at radius 3 is 2.19 bits per heavy atom. The molecule has 0 aromatic heterocycles. The van der Waals surface area contributed by atoms with Crippen LogP contribution in [0.2, 0.25) is 0 Å². The molecule has 0 bridgehead atoms. The van der Waals surface area contributed by atoms with Gasteiger partial charge >= 0.3 is 0 Å². The lowest BCUT2D eigenvalue weighted by Crippen LogP contribution is -2.45. The summed E-state index contributed by atoms with van der Waals surface area (Å²) in [5.74, 6) is 6.62. The molecule has 4 saturated carbocycles. The Bertz CT molecular complexity index is 374. The van der Waals surface area contributed by atoms with Crippen molar-refractivity contribution < 1.29 is 9.53 Å². The molecule has 0 amide bonds. The van der Waals surface area contributed by atoms with Gasteiger partial charge in [-0.25, -0.2) is 0 Å². The SMILES string of the molecule is OC(O[SiH3])C1CC[C@H]2C(CC[C@H]3[C@@H]4CCC[C@H]4CC[C@@H]32)C1. The average Bonchev–Trinajstić information content (AvgIpc) is 3.02. The van der Waals surface area contributed by atoms with Gasteiger partial charge in [0.15, 0.2) is 0 Å². The van der Waals surface area contributed by atoms with Crippen LogP contribution in [-0.2, 0) is 4.43 Å². The van der Waals surface area contributed by atoms with E-state index < -0.39 is 6.29 Å². The minimum Gasteiger partial charge on any atom is -0.404 e. The Morgan fingerprint density at radius 2 is 1.43 bits per heavy atom. The fraction of sp³-hybridized carbons (Fsp3) is 1.00. The zero-order valence-electron chi connectivity index (χ0n) is 13.5. The van der Waals surface area contributed by atoms with E-state index in [9.17, 15) is 5.11 Å². The van der Waals surface area contributed by atoms with Gasteiger partial charge in [-0.1, -0.05) is 12.8 Å². The summed E-state index contributed by atoms with van der Waals surface area (Å²) in [6.07, 6.45) is 14.0. The minimum atomic E-state index is -0.457. The second-order valence-corrected chi connectivity index (χ2v) is 8.93. The average molecular weight is 309 g/mol. The van der Waals surface area contributed by atoms with Gasteiger partial charge in [0.05, 0.1) is 0 Å². The van der Waals surface area contributed by atoms with Crippen molar-refractivity contribution in [2.75, 3.05) is 0 Å². The molecule has 3 heteroatoms. The van der Waals surface area contributed by atoms with Crippen molar-refractivity contribution in [2.24, 2.45) is 41.4 Å². The summed E-state index contributed by atoms with van der Waals surface area (Å²) in [6.45, 7) is 0. The molecule has 0 aromatic carbocycles. The normalized spacial score (nSPS) is 51.0. The number of hydrogen-bond acceptors (Lipinski definition) is 2. The third-order valence-corrected chi connectivity index (χ3v) is 8.32. The van der Waals surface area contributed by atoms with E-state index in [1.54, 1.807) is 6.42 Å². The Morgan fingerprint density at radius 1 is 0.762 bits per heavy atom. The maximum atomic E-state index is 10.0. The standard InChI is InChI=1S/C18H32O2Si/c19-18(20-21)13-6-7-15-12(10-13)5-9-16-14-3-1-2-11(14)4-8-17(15)16/h11-19H,1-10H2,21H3/t11-,12?,13?,14+,15-,16-,17+,18?/m0/s1. The molecule has 4 aliphatic carbocycles. The van der Waals surface area contributed by atoms with Crippen molar-refractivity contribution in [3.8, 4) is 0 Å². The van der Waals surface area contributed by atoms with Gasteiger partial charge in [0.1, 0.15) is 16.8 Å². The zero-order valence-corrected chi connectivity index (χ0v) is 15.5. The molecule has 4 aliphatic rings. The first kappa shape index (κ1) is 14.7. The summed E-state index contributed by atoms with van der Waals surface area (Å²) >= 11 is 0. The van der Waals surface area contributed by atoms with Crippen molar-refractivity contribution in [3.05, 3.63) is 0 Å². The number of aliphatic hydroxyl groups excluding tert-OH is 1. The molecule has 120 valence electrons. The first-order valence-corrected chi connectivity index (χ1v) is 10.3. The van der Waals surface area contributed by atoms with Crippen molar-refractivity contribution >= 4 is 10.5 Å². The lowest BCUT2D eigenvalue weighted by molar-refractivity contribution is -0.101. The molecule has 1 N–H and O–H groups in total. The predicted molar refractivity (Wildman–Crippen MR) is 87.6 cm³/mol. The molecular formula is C18H32O2Si. The third-order valence-electron chi connectivity index (χ3n) is 7.84. The molecule has 4 rings (SSSR count). The van der Waals surface area contributed by atoms with Gasteiger partial charge in [0.25, 0.3) is 0 Å². The van der Waals surface area contributed by atoms with E-state index >= 15 is 0 Å². The summed E-state index contributed by atoms with van der Waals surface area (Å²) < 4.78 is 5.33. The lowest BCUT2D eigenvalue weighted by Gasteiger charge is -2.53. The van der Waals surface area contributed by atoms with Crippen LogP contribution in [-0.4, -0.2) is 21.9 Å². The van der Waals surface area contributed by atoms with Gasteiger partial charge in [0.2, 0.25) is 0 Å². The van der Waals surface area contributed by atoms with Gasteiger partial charge in [-0.15, -0.1) is 0 Å².